The topological polar surface area (TPSA) is 63.8 Å². The molecule has 3 rings (SSSR count). The second-order valence-corrected chi connectivity index (χ2v) is 5.71. The van der Waals surface area contributed by atoms with Crippen LogP contribution in [0.2, 0.25) is 0 Å². The number of aromatic nitrogens is 2. The summed E-state index contributed by atoms with van der Waals surface area (Å²) in [6.07, 6.45) is 0. The molecule has 0 saturated heterocycles. The van der Waals surface area contributed by atoms with Gasteiger partial charge in [0.2, 0.25) is 0 Å². The number of thiophene rings is 1. The standard InChI is InChI=1S/C14H13N3OS2/c15-5-6-17-11(7-13(18)16-14(17)19)10-8-20-12-4-2-1-3-9(10)12/h1-4,7-8H,5-6,15H2,(H,16,18,19). The van der Waals surface area contributed by atoms with Crippen LogP contribution in [0, 0.1) is 4.77 Å². The molecule has 0 spiro atoms. The maximum Gasteiger partial charge on any atom is 0.252 e. The molecule has 0 amide bonds. The largest absolute Gasteiger partial charge is 0.329 e. The second-order valence-electron chi connectivity index (χ2n) is 4.41. The third kappa shape index (κ3) is 2.22. The van der Waals surface area contributed by atoms with Gasteiger partial charge in [-0.1, -0.05) is 18.2 Å². The van der Waals surface area contributed by atoms with Gasteiger partial charge in [0, 0.05) is 40.2 Å². The molecule has 0 fully saturated rings. The zero-order chi connectivity index (χ0) is 14.1. The van der Waals surface area contributed by atoms with E-state index in [0.29, 0.717) is 17.9 Å². The smallest absolute Gasteiger partial charge is 0.252 e. The molecule has 0 bridgehead atoms. The van der Waals surface area contributed by atoms with Crippen LogP contribution in [0.5, 0.6) is 0 Å². The van der Waals surface area contributed by atoms with Crippen molar-refractivity contribution in [2.75, 3.05) is 6.54 Å². The summed E-state index contributed by atoms with van der Waals surface area (Å²) < 4.78 is 3.48. The van der Waals surface area contributed by atoms with E-state index in [-0.39, 0.29) is 5.56 Å². The summed E-state index contributed by atoms with van der Waals surface area (Å²) in [5.41, 5.74) is 7.30. The molecule has 6 heteroatoms. The number of nitrogens with two attached hydrogens (primary N) is 1. The van der Waals surface area contributed by atoms with Gasteiger partial charge in [0.15, 0.2) is 4.77 Å². The van der Waals surface area contributed by atoms with E-state index in [0.717, 1.165) is 16.6 Å². The summed E-state index contributed by atoms with van der Waals surface area (Å²) in [5.74, 6) is 0. The van der Waals surface area contributed by atoms with Crippen molar-refractivity contribution in [2.24, 2.45) is 5.73 Å². The number of aromatic amines is 1. The molecule has 3 N–H and O–H groups in total. The molecule has 2 aromatic heterocycles. The van der Waals surface area contributed by atoms with Gasteiger partial charge < -0.3 is 10.3 Å². The normalized spacial score (nSPS) is 11.1. The number of hydrogen-bond donors (Lipinski definition) is 2. The molecule has 0 radical (unpaired) electrons. The molecule has 20 heavy (non-hydrogen) atoms. The van der Waals surface area contributed by atoms with Gasteiger partial charge in [-0.25, -0.2) is 0 Å². The van der Waals surface area contributed by atoms with Crippen molar-refractivity contribution in [3.05, 3.63) is 50.8 Å². The van der Waals surface area contributed by atoms with E-state index in [1.807, 2.05) is 16.7 Å². The van der Waals surface area contributed by atoms with Gasteiger partial charge >= 0.3 is 0 Å². The fraction of sp³-hybridized carbons (Fsp3) is 0.143. The zero-order valence-corrected chi connectivity index (χ0v) is 12.3. The maximum absolute atomic E-state index is 11.7. The first-order chi connectivity index (χ1) is 9.70. The van der Waals surface area contributed by atoms with Crippen LogP contribution in [-0.4, -0.2) is 16.1 Å². The van der Waals surface area contributed by atoms with E-state index < -0.39 is 0 Å². The predicted octanol–water partition coefficient (Wildman–Crippen LogP) is 2.75. The van der Waals surface area contributed by atoms with Crippen LogP contribution in [0.4, 0.5) is 0 Å². The Balaban J connectivity index is 2.33. The first-order valence-electron chi connectivity index (χ1n) is 6.21. The van der Waals surface area contributed by atoms with Crippen molar-refractivity contribution in [2.45, 2.75) is 6.54 Å². The van der Waals surface area contributed by atoms with Crippen molar-refractivity contribution < 1.29 is 0 Å². The monoisotopic (exact) mass is 303 g/mol. The highest BCUT2D eigenvalue weighted by molar-refractivity contribution is 7.71. The lowest BCUT2D eigenvalue weighted by atomic mass is 10.1. The van der Waals surface area contributed by atoms with Crippen molar-refractivity contribution in [3.8, 4) is 11.3 Å². The van der Waals surface area contributed by atoms with Crippen LogP contribution >= 0.6 is 23.6 Å². The summed E-state index contributed by atoms with van der Waals surface area (Å²) in [4.78, 5) is 14.4. The molecule has 0 aliphatic heterocycles. The molecule has 3 aromatic rings. The second kappa shape index (κ2) is 5.32. The molecule has 4 nitrogen and oxygen atoms in total. The fourth-order valence-corrected chi connectivity index (χ4v) is 3.52. The summed E-state index contributed by atoms with van der Waals surface area (Å²) in [7, 11) is 0. The summed E-state index contributed by atoms with van der Waals surface area (Å²) in [5, 5.41) is 3.18. The van der Waals surface area contributed by atoms with Crippen LogP contribution in [0.25, 0.3) is 21.3 Å². The Kier molecular flexibility index (Phi) is 3.52. The van der Waals surface area contributed by atoms with Gasteiger partial charge in [0.1, 0.15) is 0 Å². The molecule has 2 heterocycles. The first kappa shape index (κ1) is 13.2. The van der Waals surface area contributed by atoms with E-state index in [9.17, 15) is 4.79 Å². The fourth-order valence-electron chi connectivity index (χ4n) is 2.27. The number of rotatable bonds is 3. The van der Waals surface area contributed by atoms with Gasteiger partial charge in [-0.2, -0.15) is 0 Å². The lowest BCUT2D eigenvalue weighted by Gasteiger charge is -2.11. The van der Waals surface area contributed by atoms with Crippen LogP contribution in [-0.2, 0) is 6.54 Å². The molecule has 0 atom stereocenters. The minimum Gasteiger partial charge on any atom is -0.329 e. The molecule has 0 aliphatic rings. The van der Waals surface area contributed by atoms with Crippen molar-refractivity contribution >= 4 is 33.6 Å². The highest BCUT2D eigenvalue weighted by atomic mass is 32.1. The number of nitrogens with one attached hydrogen (secondary N) is 1. The summed E-state index contributed by atoms with van der Waals surface area (Å²) in [6.45, 7) is 1.05. The van der Waals surface area contributed by atoms with Crippen LogP contribution in [0.15, 0.2) is 40.5 Å². The molecule has 0 unspecified atom stereocenters. The maximum atomic E-state index is 11.7. The van der Waals surface area contributed by atoms with E-state index in [2.05, 4.69) is 22.5 Å². The molecule has 1 aromatic carbocycles. The Morgan fingerprint density at radius 2 is 2.15 bits per heavy atom. The van der Waals surface area contributed by atoms with Crippen molar-refractivity contribution in [1.82, 2.24) is 9.55 Å². The van der Waals surface area contributed by atoms with E-state index in [1.54, 1.807) is 17.4 Å². The average molecular weight is 303 g/mol. The minimum absolute atomic E-state index is 0.187. The molecule has 102 valence electrons. The Hall–Kier alpha value is -1.76. The summed E-state index contributed by atoms with van der Waals surface area (Å²) >= 11 is 6.90. The Morgan fingerprint density at radius 1 is 1.35 bits per heavy atom. The molecule has 0 saturated carbocycles. The van der Waals surface area contributed by atoms with Gasteiger partial charge in [-0.3, -0.25) is 9.78 Å². The van der Waals surface area contributed by atoms with Gasteiger partial charge in [0.25, 0.3) is 5.56 Å². The predicted molar refractivity (Wildman–Crippen MR) is 85.8 cm³/mol. The van der Waals surface area contributed by atoms with Crippen LogP contribution in [0.3, 0.4) is 0 Å². The van der Waals surface area contributed by atoms with Crippen molar-refractivity contribution in [3.63, 3.8) is 0 Å². The number of H-pyrrole nitrogens is 1. The Bertz CT molecular complexity index is 876. The van der Waals surface area contributed by atoms with Gasteiger partial charge in [-0.05, 0) is 18.3 Å². The highest BCUT2D eigenvalue weighted by Crippen LogP contribution is 2.33. The molecular formula is C14H13N3OS2. The van der Waals surface area contributed by atoms with E-state index in [1.165, 1.54) is 4.70 Å². The lowest BCUT2D eigenvalue weighted by Crippen LogP contribution is -2.18. The molecule has 0 aliphatic carbocycles. The number of nitrogens with zero attached hydrogens (tertiary/aromatic N) is 1. The van der Waals surface area contributed by atoms with E-state index in [4.69, 9.17) is 18.0 Å². The first-order valence-corrected chi connectivity index (χ1v) is 7.50. The van der Waals surface area contributed by atoms with Crippen molar-refractivity contribution in [1.29, 1.82) is 0 Å². The van der Waals surface area contributed by atoms with Gasteiger partial charge in [0.05, 0.1) is 5.69 Å². The van der Waals surface area contributed by atoms with Crippen LogP contribution < -0.4 is 11.3 Å². The van der Waals surface area contributed by atoms with E-state index >= 15 is 0 Å². The lowest BCUT2D eigenvalue weighted by molar-refractivity contribution is 0.681. The Morgan fingerprint density at radius 3 is 2.95 bits per heavy atom. The quantitative estimate of drug-likeness (QED) is 0.731. The number of hydrogen-bond acceptors (Lipinski definition) is 4. The molecular weight excluding hydrogens is 290 g/mol. The number of fused-ring (bicyclic) bond motifs is 1. The SMILES string of the molecule is NCCn1c(-c2csc3ccccc23)cc(=O)[nH]c1=S. The average Bonchev–Trinajstić information content (AvgIpc) is 2.85. The van der Waals surface area contributed by atoms with Crippen LogP contribution in [0.1, 0.15) is 0 Å². The number of benzene rings is 1. The minimum atomic E-state index is -0.187. The third-order valence-corrected chi connectivity index (χ3v) is 4.43. The van der Waals surface area contributed by atoms with Gasteiger partial charge in [-0.15, -0.1) is 11.3 Å². The highest BCUT2D eigenvalue weighted by Gasteiger charge is 2.11. The zero-order valence-electron chi connectivity index (χ0n) is 10.6. The summed E-state index contributed by atoms with van der Waals surface area (Å²) in [6, 6.07) is 9.71. The Labute approximate surface area is 124 Å². The third-order valence-electron chi connectivity index (χ3n) is 3.14.